The number of rotatable bonds is 2. The molecule has 100 valence electrons. The number of ether oxygens (including phenoxy) is 2. The summed E-state index contributed by atoms with van der Waals surface area (Å²) in [6.07, 6.45) is -0.969. The molecule has 0 unspecified atom stereocenters. The Hall–Kier alpha value is -0.860. The van der Waals surface area contributed by atoms with E-state index in [9.17, 15) is 13.2 Å². The van der Waals surface area contributed by atoms with Gasteiger partial charge in [-0.05, 0) is 20.8 Å². The fraction of sp³-hybridized carbons (Fsp3) is 0.889. The molecule has 0 bridgehead atoms. The van der Waals surface area contributed by atoms with Crippen molar-refractivity contribution in [2.75, 3.05) is 26.3 Å². The second-order valence-electron chi connectivity index (χ2n) is 4.62. The molecule has 0 aromatic rings. The number of nitrogens with one attached hydrogen (secondary N) is 1. The molecule has 0 aliphatic carbocycles. The van der Waals surface area contributed by atoms with E-state index in [0.717, 1.165) is 4.31 Å². The van der Waals surface area contributed by atoms with Crippen molar-refractivity contribution >= 4 is 16.3 Å². The van der Waals surface area contributed by atoms with Crippen molar-refractivity contribution in [2.45, 2.75) is 26.4 Å². The number of amides is 1. The summed E-state index contributed by atoms with van der Waals surface area (Å²) in [4.78, 5) is 11.3. The maximum absolute atomic E-state index is 11.7. The first-order valence-corrected chi connectivity index (χ1v) is 6.73. The summed E-state index contributed by atoms with van der Waals surface area (Å²) in [5, 5.41) is 0. The highest BCUT2D eigenvalue weighted by Crippen LogP contribution is 2.08. The summed E-state index contributed by atoms with van der Waals surface area (Å²) < 4.78 is 36.4. The maximum Gasteiger partial charge on any atom is 0.422 e. The molecule has 1 saturated heterocycles. The third kappa shape index (κ3) is 4.88. The minimum Gasteiger partial charge on any atom is -0.443 e. The molecule has 0 saturated carbocycles. The average molecular weight is 266 g/mol. The Kier molecular flexibility index (Phi) is 4.34. The lowest BCUT2D eigenvalue weighted by atomic mass is 10.2. The summed E-state index contributed by atoms with van der Waals surface area (Å²) in [7, 11) is -3.83. The van der Waals surface area contributed by atoms with E-state index < -0.39 is 21.9 Å². The number of carbonyl (C=O) groups excluding carboxylic acids is 1. The number of nitrogens with zero attached hydrogens (tertiary/aromatic N) is 1. The highest BCUT2D eigenvalue weighted by Gasteiger charge is 2.28. The Labute approximate surface area is 101 Å². The van der Waals surface area contributed by atoms with Gasteiger partial charge < -0.3 is 9.47 Å². The summed E-state index contributed by atoms with van der Waals surface area (Å²) in [6.45, 7) is 6.11. The molecule has 1 aliphatic heterocycles. The molecule has 1 fully saturated rings. The van der Waals surface area contributed by atoms with Gasteiger partial charge in [-0.2, -0.15) is 12.7 Å². The molecule has 8 heteroatoms. The summed E-state index contributed by atoms with van der Waals surface area (Å²) >= 11 is 0. The van der Waals surface area contributed by atoms with Crippen LogP contribution in [0.5, 0.6) is 0 Å². The smallest absolute Gasteiger partial charge is 0.422 e. The molecule has 1 amide bonds. The molecule has 1 aliphatic rings. The van der Waals surface area contributed by atoms with Crippen molar-refractivity contribution in [3.63, 3.8) is 0 Å². The average Bonchev–Trinajstić information content (AvgIpc) is 2.15. The van der Waals surface area contributed by atoms with Crippen molar-refractivity contribution in [3.05, 3.63) is 0 Å². The van der Waals surface area contributed by atoms with Gasteiger partial charge in [-0.15, -0.1) is 0 Å². The Morgan fingerprint density at radius 1 is 1.29 bits per heavy atom. The summed E-state index contributed by atoms with van der Waals surface area (Å²) in [5.74, 6) is 0. The topological polar surface area (TPSA) is 84.9 Å². The molecule has 0 aromatic carbocycles. The van der Waals surface area contributed by atoms with Gasteiger partial charge in [-0.25, -0.2) is 9.52 Å². The first-order valence-electron chi connectivity index (χ1n) is 5.29. The number of hydrogen-bond donors (Lipinski definition) is 1. The van der Waals surface area contributed by atoms with Gasteiger partial charge in [0.05, 0.1) is 13.2 Å². The van der Waals surface area contributed by atoms with Gasteiger partial charge in [0.1, 0.15) is 5.60 Å². The van der Waals surface area contributed by atoms with Gasteiger partial charge in [0.15, 0.2) is 0 Å². The largest absolute Gasteiger partial charge is 0.443 e. The van der Waals surface area contributed by atoms with Gasteiger partial charge in [0, 0.05) is 13.1 Å². The zero-order valence-electron chi connectivity index (χ0n) is 10.2. The van der Waals surface area contributed by atoms with Gasteiger partial charge in [0.2, 0.25) is 0 Å². The van der Waals surface area contributed by atoms with Crippen LogP contribution in [0.4, 0.5) is 4.79 Å². The predicted octanol–water partition coefficient (Wildman–Crippen LogP) is 0.0881. The lowest BCUT2D eigenvalue weighted by Gasteiger charge is -2.26. The van der Waals surface area contributed by atoms with Crippen LogP contribution in [0, 0.1) is 0 Å². The van der Waals surface area contributed by atoms with Crippen LogP contribution < -0.4 is 4.72 Å². The van der Waals surface area contributed by atoms with Crippen molar-refractivity contribution < 1.29 is 22.7 Å². The van der Waals surface area contributed by atoms with Crippen molar-refractivity contribution in [1.29, 1.82) is 0 Å². The minimum absolute atomic E-state index is 0.234. The van der Waals surface area contributed by atoms with E-state index >= 15 is 0 Å². The normalized spacial score (nSPS) is 18.8. The molecular formula is C9H18N2O5S. The van der Waals surface area contributed by atoms with Gasteiger partial charge in [-0.3, -0.25) is 0 Å². The van der Waals surface area contributed by atoms with Crippen molar-refractivity contribution in [3.8, 4) is 0 Å². The fourth-order valence-electron chi connectivity index (χ4n) is 1.26. The lowest BCUT2D eigenvalue weighted by molar-refractivity contribution is 0.0548. The number of carbonyl (C=O) groups is 1. The van der Waals surface area contributed by atoms with E-state index in [4.69, 9.17) is 9.47 Å². The fourth-order valence-corrected chi connectivity index (χ4v) is 2.27. The predicted molar refractivity (Wildman–Crippen MR) is 60.7 cm³/mol. The summed E-state index contributed by atoms with van der Waals surface area (Å²) in [6, 6.07) is 0. The van der Waals surface area contributed by atoms with Crippen LogP contribution >= 0.6 is 0 Å². The zero-order valence-corrected chi connectivity index (χ0v) is 11.0. The molecule has 0 aromatic heterocycles. The van der Waals surface area contributed by atoms with Crippen molar-refractivity contribution in [2.24, 2.45) is 0 Å². The molecule has 0 spiro atoms. The molecular weight excluding hydrogens is 248 g/mol. The van der Waals surface area contributed by atoms with Gasteiger partial charge in [-0.1, -0.05) is 0 Å². The van der Waals surface area contributed by atoms with Crippen molar-refractivity contribution in [1.82, 2.24) is 9.03 Å². The SMILES string of the molecule is CC(C)(C)OC(=O)NS(=O)(=O)N1CCOCC1. The monoisotopic (exact) mass is 266 g/mol. The van der Waals surface area contributed by atoms with E-state index in [2.05, 4.69) is 0 Å². The van der Waals surface area contributed by atoms with E-state index in [-0.39, 0.29) is 13.1 Å². The van der Waals surface area contributed by atoms with Crippen LogP contribution in [-0.4, -0.2) is 50.7 Å². The number of hydrogen-bond acceptors (Lipinski definition) is 5. The van der Waals surface area contributed by atoms with E-state index in [1.54, 1.807) is 20.8 Å². The Morgan fingerprint density at radius 3 is 2.29 bits per heavy atom. The standard InChI is InChI=1S/C9H18N2O5S/c1-9(2,3)16-8(12)10-17(13,14)11-4-6-15-7-5-11/h4-7H2,1-3H3,(H,10,12). The molecule has 1 heterocycles. The van der Waals surface area contributed by atoms with Crippen LogP contribution in [0.25, 0.3) is 0 Å². The lowest BCUT2D eigenvalue weighted by Crippen LogP contribution is -2.49. The molecule has 1 rings (SSSR count). The molecule has 1 N–H and O–H groups in total. The molecule has 7 nitrogen and oxygen atoms in total. The highest BCUT2D eigenvalue weighted by atomic mass is 32.2. The zero-order chi connectivity index (χ0) is 13.1. The maximum atomic E-state index is 11.7. The van der Waals surface area contributed by atoms with Crippen LogP contribution in [0.2, 0.25) is 0 Å². The Morgan fingerprint density at radius 2 is 1.82 bits per heavy atom. The van der Waals surface area contributed by atoms with E-state index in [1.165, 1.54) is 0 Å². The number of morpholine rings is 1. The Bertz CT molecular complexity index is 367. The first-order chi connectivity index (χ1) is 7.71. The van der Waals surface area contributed by atoms with Crippen LogP contribution in [-0.2, 0) is 19.7 Å². The van der Waals surface area contributed by atoms with Crippen LogP contribution in [0.3, 0.4) is 0 Å². The quantitative estimate of drug-likeness (QED) is 0.765. The third-order valence-corrected chi connectivity index (χ3v) is 3.39. The van der Waals surface area contributed by atoms with Crippen LogP contribution in [0.1, 0.15) is 20.8 Å². The first kappa shape index (κ1) is 14.2. The van der Waals surface area contributed by atoms with Crippen LogP contribution in [0.15, 0.2) is 0 Å². The second-order valence-corrected chi connectivity index (χ2v) is 6.29. The second kappa shape index (κ2) is 5.19. The molecule has 0 atom stereocenters. The van der Waals surface area contributed by atoms with E-state index in [1.807, 2.05) is 4.72 Å². The highest BCUT2D eigenvalue weighted by molar-refractivity contribution is 7.87. The third-order valence-electron chi connectivity index (χ3n) is 1.92. The summed E-state index contributed by atoms with van der Waals surface area (Å²) in [5.41, 5.74) is -0.732. The molecule has 0 radical (unpaired) electrons. The Balaban J connectivity index is 2.57. The van der Waals surface area contributed by atoms with Gasteiger partial charge >= 0.3 is 16.3 Å². The molecule has 17 heavy (non-hydrogen) atoms. The van der Waals surface area contributed by atoms with E-state index in [0.29, 0.717) is 13.2 Å². The minimum atomic E-state index is -3.83. The van der Waals surface area contributed by atoms with Gasteiger partial charge in [0.25, 0.3) is 0 Å².